The summed E-state index contributed by atoms with van der Waals surface area (Å²) in [5.74, 6) is -1.20. The van der Waals surface area contributed by atoms with Crippen molar-refractivity contribution in [1.82, 2.24) is 10.2 Å². The maximum Gasteiger partial charge on any atom is 0.325 e. The van der Waals surface area contributed by atoms with E-state index >= 15 is 0 Å². The van der Waals surface area contributed by atoms with Crippen LogP contribution in [0.15, 0.2) is 48.5 Å². The fourth-order valence-corrected chi connectivity index (χ4v) is 4.08. The van der Waals surface area contributed by atoms with Crippen molar-refractivity contribution in [2.45, 2.75) is 25.3 Å². The summed E-state index contributed by atoms with van der Waals surface area (Å²) in [6.07, 6.45) is 1.18. The maximum absolute atomic E-state index is 13.2. The summed E-state index contributed by atoms with van der Waals surface area (Å²) in [5, 5.41) is 2.81. The van der Waals surface area contributed by atoms with E-state index < -0.39 is 29.2 Å². The molecule has 1 aliphatic heterocycles. The number of halogens is 1. The minimum absolute atomic E-state index is 0.335. The molecule has 1 saturated heterocycles. The van der Waals surface area contributed by atoms with E-state index in [0.717, 1.165) is 16.0 Å². The van der Waals surface area contributed by atoms with Gasteiger partial charge in [-0.2, -0.15) is 0 Å². The van der Waals surface area contributed by atoms with Gasteiger partial charge in [0, 0.05) is 12.2 Å². The lowest BCUT2D eigenvalue weighted by molar-refractivity contribution is -0.134. The molecule has 7 heteroatoms. The zero-order valence-corrected chi connectivity index (χ0v) is 15.4. The second-order valence-electron chi connectivity index (χ2n) is 7.00. The third-order valence-corrected chi connectivity index (χ3v) is 5.47. The fourth-order valence-electron chi connectivity index (χ4n) is 4.08. The molecule has 0 saturated carbocycles. The normalized spacial score (nSPS) is 20.4. The van der Waals surface area contributed by atoms with Gasteiger partial charge in [-0.3, -0.25) is 14.5 Å². The molecule has 0 bridgehead atoms. The molecule has 28 heavy (non-hydrogen) atoms. The molecule has 2 aromatic rings. The number of rotatable bonds is 4. The van der Waals surface area contributed by atoms with Gasteiger partial charge < -0.3 is 10.2 Å². The van der Waals surface area contributed by atoms with Crippen LogP contribution in [-0.4, -0.2) is 35.8 Å². The predicted molar refractivity (Wildman–Crippen MR) is 101 cm³/mol. The number of amides is 4. The largest absolute Gasteiger partial charge is 0.325 e. The first-order valence-corrected chi connectivity index (χ1v) is 9.24. The van der Waals surface area contributed by atoms with E-state index in [9.17, 15) is 18.8 Å². The van der Waals surface area contributed by atoms with Crippen LogP contribution in [0.4, 0.5) is 14.9 Å². The van der Waals surface area contributed by atoms with Crippen LogP contribution in [0.3, 0.4) is 0 Å². The van der Waals surface area contributed by atoms with E-state index in [1.165, 1.54) is 29.2 Å². The Morgan fingerprint density at radius 2 is 1.89 bits per heavy atom. The number of anilines is 1. The topological polar surface area (TPSA) is 69.7 Å². The summed E-state index contributed by atoms with van der Waals surface area (Å²) in [7, 11) is 0. The molecule has 2 aromatic carbocycles. The standard InChI is InChI=1S/C21H20FN3O3/c1-2-24(16-9-7-15(22)8-10-16)18(26)13-25-19(27)21(23-20(25)28)12-11-14-5-3-4-6-17(14)21/h3-10H,2,11-13H2,1H3,(H,23,28)/t21-/m0/s1. The smallest absolute Gasteiger partial charge is 0.319 e. The molecule has 1 atom stereocenters. The lowest BCUT2D eigenvalue weighted by Gasteiger charge is -2.24. The lowest BCUT2D eigenvalue weighted by atomic mass is 9.92. The summed E-state index contributed by atoms with van der Waals surface area (Å²) in [6.45, 7) is 1.75. The first-order chi connectivity index (χ1) is 13.5. The Morgan fingerprint density at radius 3 is 2.61 bits per heavy atom. The molecular weight excluding hydrogens is 361 g/mol. The van der Waals surface area contributed by atoms with E-state index in [1.807, 2.05) is 24.3 Å². The lowest BCUT2D eigenvalue weighted by Crippen LogP contribution is -2.45. The van der Waals surface area contributed by atoms with Crippen LogP contribution in [0.5, 0.6) is 0 Å². The highest BCUT2D eigenvalue weighted by molar-refractivity contribution is 6.11. The van der Waals surface area contributed by atoms with Crippen LogP contribution >= 0.6 is 0 Å². The average Bonchev–Trinajstić information content (AvgIpc) is 3.17. The van der Waals surface area contributed by atoms with Crippen molar-refractivity contribution in [3.8, 4) is 0 Å². The summed E-state index contributed by atoms with van der Waals surface area (Å²) < 4.78 is 13.2. The van der Waals surface area contributed by atoms with Crippen molar-refractivity contribution in [3.05, 3.63) is 65.5 Å². The number of likely N-dealkylation sites (N-methyl/N-ethyl adjacent to an activating group) is 1. The van der Waals surface area contributed by atoms with E-state index in [-0.39, 0.29) is 6.54 Å². The number of hydrogen-bond donors (Lipinski definition) is 1. The summed E-state index contributed by atoms with van der Waals surface area (Å²) >= 11 is 0. The summed E-state index contributed by atoms with van der Waals surface area (Å²) in [5.41, 5.74) is 1.27. The van der Waals surface area contributed by atoms with Gasteiger partial charge in [0.2, 0.25) is 5.91 Å². The average molecular weight is 381 g/mol. The number of hydrogen-bond acceptors (Lipinski definition) is 3. The molecule has 1 heterocycles. The zero-order valence-electron chi connectivity index (χ0n) is 15.4. The molecule has 1 spiro atoms. The van der Waals surface area contributed by atoms with E-state index in [2.05, 4.69) is 5.32 Å². The molecule has 0 radical (unpaired) electrons. The van der Waals surface area contributed by atoms with Gasteiger partial charge in [0.15, 0.2) is 0 Å². The van der Waals surface area contributed by atoms with E-state index in [4.69, 9.17) is 0 Å². The quantitative estimate of drug-likeness (QED) is 0.828. The highest BCUT2D eigenvalue weighted by Crippen LogP contribution is 2.41. The monoisotopic (exact) mass is 381 g/mol. The van der Waals surface area contributed by atoms with Crippen LogP contribution in [0.2, 0.25) is 0 Å². The molecule has 144 valence electrons. The zero-order chi connectivity index (χ0) is 19.9. The number of carbonyl (C=O) groups excluding carboxylic acids is 3. The molecule has 4 rings (SSSR count). The molecule has 0 aromatic heterocycles. The SMILES string of the molecule is CCN(C(=O)CN1C(=O)N[C@]2(CCc3ccccc32)C1=O)c1ccc(F)cc1. The van der Waals surface area contributed by atoms with Gasteiger partial charge in [0.1, 0.15) is 17.9 Å². The van der Waals surface area contributed by atoms with Gasteiger partial charge in [0.25, 0.3) is 5.91 Å². The van der Waals surface area contributed by atoms with Crippen molar-refractivity contribution in [2.24, 2.45) is 0 Å². The first-order valence-electron chi connectivity index (χ1n) is 9.24. The van der Waals surface area contributed by atoms with Gasteiger partial charge in [-0.1, -0.05) is 24.3 Å². The number of aryl methyl sites for hydroxylation is 1. The van der Waals surface area contributed by atoms with Crippen LogP contribution in [0.25, 0.3) is 0 Å². The number of nitrogens with zero attached hydrogens (tertiary/aromatic N) is 2. The Labute approximate surface area is 161 Å². The number of imide groups is 1. The molecule has 1 fully saturated rings. The predicted octanol–water partition coefficient (Wildman–Crippen LogP) is 2.57. The van der Waals surface area contributed by atoms with Crippen LogP contribution in [-0.2, 0) is 21.5 Å². The Bertz CT molecular complexity index is 960. The highest BCUT2D eigenvalue weighted by Gasteiger charge is 2.55. The molecule has 1 aliphatic carbocycles. The van der Waals surface area contributed by atoms with Crippen molar-refractivity contribution in [1.29, 1.82) is 0 Å². The van der Waals surface area contributed by atoms with Crippen LogP contribution in [0, 0.1) is 5.82 Å². The summed E-state index contributed by atoms with van der Waals surface area (Å²) in [6, 6.07) is 12.5. The van der Waals surface area contributed by atoms with Crippen LogP contribution in [0.1, 0.15) is 24.5 Å². The second-order valence-corrected chi connectivity index (χ2v) is 7.00. The number of carbonyl (C=O) groups is 3. The Kier molecular flexibility index (Phi) is 4.37. The maximum atomic E-state index is 13.2. The third kappa shape index (κ3) is 2.74. The molecule has 0 unspecified atom stereocenters. The molecule has 6 nitrogen and oxygen atoms in total. The van der Waals surface area contributed by atoms with Crippen molar-refractivity contribution in [2.75, 3.05) is 18.0 Å². The van der Waals surface area contributed by atoms with E-state index in [0.29, 0.717) is 25.1 Å². The minimum atomic E-state index is -1.08. The minimum Gasteiger partial charge on any atom is -0.319 e. The Hall–Kier alpha value is -3.22. The van der Waals surface area contributed by atoms with Crippen molar-refractivity contribution in [3.63, 3.8) is 0 Å². The number of nitrogens with one attached hydrogen (secondary N) is 1. The van der Waals surface area contributed by atoms with Gasteiger partial charge in [0.05, 0.1) is 0 Å². The van der Waals surface area contributed by atoms with Crippen molar-refractivity contribution >= 4 is 23.5 Å². The first kappa shape index (κ1) is 18.2. The second kappa shape index (κ2) is 6.74. The van der Waals surface area contributed by atoms with Crippen LogP contribution < -0.4 is 10.2 Å². The highest BCUT2D eigenvalue weighted by atomic mass is 19.1. The third-order valence-electron chi connectivity index (χ3n) is 5.47. The molecule has 1 N–H and O–H groups in total. The van der Waals surface area contributed by atoms with Gasteiger partial charge in [-0.15, -0.1) is 0 Å². The molecular formula is C21H20FN3O3. The van der Waals surface area contributed by atoms with Gasteiger partial charge in [-0.25, -0.2) is 9.18 Å². The fraction of sp³-hybridized carbons (Fsp3) is 0.286. The number of benzene rings is 2. The number of fused-ring (bicyclic) bond motifs is 2. The molecule has 4 amide bonds. The number of urea groups is 1. The summed E-state index contributed by atoms with van der Waals surface area (Å²) in [4.78, 5) is 40.9. The Morgan fingerprint density at radius 1 is 1.18 bits per heavy atom. The Balaban J connectivity index is 1.57. The molecule has 2 aliphatic rings. The van der Waals surface area contributed by atoms with Gasteiger partial charge in [-0.05, 0) is 55.2 Å². The van der Waals surface area contributed by atoms with E-state index in [1.54, 1.807) is 6.92 Å². The van der Waals surface area contributed by atoms with Gasteiger partial charge >= 0.3 is 6.03 Å². The van der Waals surface area contributed by atoms with Crippen molar-refractivity contribution < 1.29 is 18.8 Å².